The van der Waals surface area contributed by atoms with E-state index < -0.39 is 22.1 Å². The predicted molar refractivity (Wildman–Crippen MR) is 88.0 cm³/mol. The molecule has 2 unspecified atom stereocenters. The topological polar surface area (TPSA) is 86.7 Å². The van der Waals surface area contributed by atoms with Gasteiger partial charge in [0, 0.05) is 10.6 Å². The molecule has 0 radical (unpaired) electrons. The Hall–Kier alpha value is -1.93. The first kappa shape index (κ1) is 15.9. The highest BCUT2D eigenvalue weighted by Gasteiger charge is 2.63. The number of thioether (sulfide) groups is 2. The SMILES string of the molecule is C=C1N2C(=O)C(NC(=O)Sc3ccccc3)[C@H]2SC1(C)C(=O)O. The fraction of sp³-hybridized carbons (Fsp3) is 0.267. The van der Waals surface area contributed by atoms with E-state index in [-0.39, 0.29) is 16.8 Å². The Balaban J connectivity index is 1.67. The number of hydrogen-bond acceptors (Lipinski definition) is 5. The van der Waals surface area contributed by atoms with Gasteiger partial charge in [0.15, 0.2) is 4.75 Å². The number of hydrogen-bond donors (Lipinski definition) is 2. The van der Waals surface area contributed by atoms with Crippen molar-refractivity contribution >= 4 is 40.6 Å². The average molecular weight is 350 g/mol. The van der Waals surface area contributed by atoms with Crippen LogP contribution in [0.25, 0.3) is 0 Å². The lowest BCUT2D eigenvalue weighted by Gasteiger charge is -2.41. The van der Waals surface area contributed by atoms with Crippen LogP contribution in [0, 0.1) is 0 Å². The molecule has 2 saturated heterocycles. The van der Waals surface area contributed by atoms with Gasteiger partial charge in [-0.15, -0.1) is 11.8 Å². The first-order valence-corrected chi connectivity index (χ1v) is 8.51. The second-order valence-corrected chi connectivity index (χ2v) is 7.91. The second kappa shape index (κ2) is 5.61. The minimum atomic E-state index is -1.24. The zero-order valence-electron chi connectivity index (χ0n) is 12.2. The number of amides is 2. The molecule has 2 fully saturated rings. The number of rotatable bonds is 3. The van der Waals surface area contributed by atoms with Crippen LogP contribution in [-0.4, -0.2) is 43.3 Å². The zero-order chi connectivity index (χ0) is 16.8. The van der Waals surface area contributed by atoms with Gasteiger partial charge in [-0.2, -0.15) is 0 Å². The van der Waals surface area contributed by atoms with Crippen LogP contribution in [0.5, 0.6) is 0 Å². The molecule has 2 heterocycles. The lowest BCUT2D eigenvalue weighted by Crippen LogP contribution is -2.66. The molecule has 1 aromatic rings. The molecular formula is C15H14N2O4S2. The van der Waals surface area contributed by atoms with Crippen molar-refractivity contribution in [2.24, 2.45) is 0 Å². The third-order valence-electron chi connectivity index (χ3n) is 3.88. The van der Waals surface area contributed by atoms with Crippen LogP contribution in [0.3, 0.4) is 0 Å². The number of carboxylic acids is 1. The van der Waals surface area contributed by atoms with E-state index in [9.17, 15) is 19.5 Å². The molecule has 0 aliphatic carbocycles. The average Bonchev–Trinajstić information content (AvgIpc) is 2.76. The molecule has 2 N–H and O–H groups in total. The third-order valence-corrected chi connectivity index (χ3v) is 6.29. The minimum Gasteiger partial charge on any atom is -0.480 e. The van der Waals surface area contributed by atoms with Gasteiger partial charge < -0.3 is 10.4 Å². The number of β-lactam (4-membered cyclic amide) rings is 1. The molecule has 0 spiro atoms. The number of carbonyl (C=O) groups excluding carboxylic acids is 2. The molecule has 0 bridgehead atoms. The summed E-state index contributed by atoms with van der Waals surface area (Å²) in [6, 6.07) is 8.37. The van der Waals surface area contributed by atoms with Gasteiger partial charge in [0.05, 0.1) is 0 Å². The van der Waals surface area contributed by atoms with Crippen LogP contribution in [0.15, 0.2) is 47.5 Å². The van der Waals surface area contributed by atoms with Crippen molar-refractivity contribution in [2.75, 3.05) is 0 Å². The van der Waals surface area contributed by atoms with Crippen molar-refractivity contribution in [2.45, 2.75) is 28.0 Å². The lowest BCUT2D eigenvalue weighted by atomic mass is 10.0. The number of carboxylic acid groups (broad SMARTS) is 1. The van der Waals surface area contributed by atoms with Crippen LogP contribution >= 0.6 is 23.5 Å². The van der Waals surface area contributed by atoms with E-state index in [1.807, 2.05) is 18.2 Å². The zero-order valence-corrected chi connectivity index (χ0v) is 13.8. The molecule has 2 aliphatic heterocycles. The summed E-state index contributed by atoms with van der Waals surface area (Å²) in [6.07, 6.45) is 0. The van der Waals surface area contributed by atoms with Crippen molar-refractivity contribution < 1.29 is 19.5 Å². The summed E-state index contributed by atoms with van der Waals surface area (Å²) in [7, 11) is 0. The molecule has 0 aromatic heterocycles. The number of fused-ring (bicyclic) bond motifs is 1. The molecule has 3 atom stereocenters. The summed E-state index contributed by atoms with van der Waals surface area (Å²) in [4.78, 5) is 37.8. The van der Waals surface area contributed by atoms with E-state index in [4.69, 9.17) is 0 Å². The molecule has 23 heavy (non-hydrogen) atoms. The van der Waals surface area contributed by atoms with Crippen molar-refractivity contribution in [3.05, 3.63) is 42.6 Å². The van der Waals surface area contributed by atoms with Crippen LogP contribution in [0.1, 0.15) is 6.92 Å². The number of benzene rings is 1. The van der Waals surface area contributed by atoms with Crippen LogP contribution < -0.4 is 5.32 Å². The summed E-state index contributed by atoms with van der Waals surface area (Å²) in [6.45, 7) is 5.25. The Labute approximate surface area is 141 Å². The Kier molecular flexibility index (Phi) is 3.89. The lowest BCUT2D eigenvalue weighted by molar-refractivity contribution is -0.142. The quantitative estimate of drug-likeness (QED) is 0.641. The molecule has 1 aromatic carbocycles. The minimum absolute atomic E-state index is 0.256. The molecule has 6 nitrogen and oxygen atoms in total. The fourth-order valence-corrected chi connectivity index (χ4v) is 4.64. The highest BCUT2D eigenvalue weighted by molar-refractivity contribution is 8.13. The van der Waals surface area contributed by atoms with Crippen molar-refractivity contribution in [3.8, 4) is 0 Å². The highest BCUT2D eigenvalue weighted by Crippen LogP contribution is 2.52. The maximum atomic E-state index is 12.2. The van der Waals surface area contributed by atoms with Gasteiger partial charge in [-0.3, -0.25) is 19.3 Å². The van der Waals surface area contributed by atoms with Crippen LogP contribution in [-0.2, 0) is 9.59 Å². The van der Waals surface area contributed by atoms with Gasteiger partial charge in [0.2, 0.25) is 0 Å². The number of nitrogens with one attached hydrogen (secondary N) is 1. The number of aliphatic carboxylic acids is 1. The van der Waals surface area contributed by atoms with Crippen molar-refractivity contribution in [3.63, 3.8) is 0 Å². The van der Waals surface area contributed by atoms with E-state index in [0.717, 1.165) is 28.4 Å². The predicted octanol–water partition coefficient (Wildman–Crippen LogP) is 2.13. The number of carbonyl (C=O) groups is 3. The highest BCUT2D eigenvalue weighted by atomic mass is 32.2. The van der Waals surface area contributed by atoms with Gasteiger partial charge in [-0.1, -0.05) is 24.8 Å². The Bertz CT molecular complexity index is 709. The van der Waals surface area contributed by atoms with E-state index in [2.05, 4.69) is 11.9 Å². The Morgan fingerprint density at radius 2 is 2.04 bits per heavy atom. The monoisotopic (exact) mass is 350 g/mol. The van der Waals surface area contributed by atoms with E-state index in [1.54, 1.807) is 12.1 Å². The first-order valence-electron chi connectivity index (χ1n) is 6.81. The van der Waals surface area contributed by atoms with Crippen LogP contribution in [0.2, 0.25) is 0 Å². The molecule has 0 saturated carbocycles. The Morgan fingerprint density at radius 1 is 1.39 bits per heavy atom. The van der Waals surface area contributed by atoms with Gasteiger partial charge in [-0.05, 0) is 30.8 Å². The van der Waals surface area contributed by atoms with E-state index in [0.29, 0.717) is 0 Å². The van der Waals surface area contributed by atoms with E-state index in [1.165, 1.54) is 11.8 Å². The molecule has 8 heteroatoms. The Morgan fingerprint density at radius 3 is 2.65 bits per heavy atom. The molecule has 2 aliphatic rings. The summed E-state index contributed by atoms with van der Waals surface area (Å²) < 4.78 is -1.24. The maximum Gasteiger partial charge on any atom is 0.325 e. The first-order chi connectivity index (χ1) is 10.8. The summed E-state index contributed by atoms with van der Waals surface area (Å²) in [5, 5.41) is 11.2. The smallest absolute Gasteiger partial charge is 0.325 e. The van der Waals surface area contributed by atoms with Gasteiger partial charge >= 0.3 is 5.97 Å². The van der Waals surface area contributed by atoms with Gasteiger partial charge in [0.25, 0.3) is 11.1 Å². The van der Waals surface area contributed by atoms with Crippen molar-refractivity contribution in [1.29, 1.82) is 0 Å². The third kappa shape index (κ3) is 2.51. The summed E-state index contributed by atoms with van der Waals surface area (Å²) >= 11 is 2.12. The summed E-state index contributed by atoms with van der Waals surface area (Å²) in [5.74, 6) is -1.36. The van der Waals surface area contributed by atoms with Crippen molar-refractivity contribution in [1.82, 2.24) is 10.2 Å². The van der Waals surface area contributed by atoms with E-state index >= 15 is 0 Å². The molecule has 2 amide bonds. The molecular weight excluding hydrogens is 336 g/mol. The van der Waals surface area contributed by atoms with Gasteiger partial charge in [-0.25, -0.2) is 0 Å². The normalized spacial score (nSPS) is 29.0. The standard InChI is InChI=1S/C15H14N2O4S2/c1-8-15(2,13(19)20)23-12-10(11(18)17(8)12)16-14(21)22-9-6-4-3-5-7-9/h3-7,10,12H,1H2,2H3,(H,16,21)(H,19,20)/t10?,12-,15?/m1/s1. The maximum absolute atomic E-state index is 12.2. The second-order valence-electron chi connectivity index (χ2n) is 5.33. The molecule has 3 rings (SSSR count). The fourth-order valence-electron chi connectivity index (χ4n) is 2.47. The summed E-state index contributed by atoms with van der Waals surface area (Å²) in [5.41, 5.74) is 0.256. The largest absolute Gasteiger partial charge is 0.480 e. The molecule has 120 valence electrons. The number of nitrogens with zero attached hydrogens (tertiary/aromatic N) is 1. The van der Waals surface area contributed by atoms with Crippen LogP contribution in [0.4, 0.5) is 4.79 Å². The van der Waals surface area contributed by atoms with Gasteiger partial charge in [0.1, 0.15) is 11.4 Å².